The lowest BCUT2D eigenvalue weighted by atomic mass is 9.96. The highest BCUT2D eigenvalue weighted by Crippen LogP contribution is 2.43. The minimum atomic E-state index is -4.84. The highest BCUT2D eigenvalue weighted by molar-refractivity contribution is 5.79. The highest BCUT2D eigenvalue weighted by atomic mass is 19.4. The van der Waals surface area contributed by atoms with Crippen molar-refractivity contribution in [1.82, 2.24) is 25.3 Å². The average Bonchev–Trinajstić information content (AvgIpc) is 3.36. The van der Waals surface area contributed by atoms with Crippen LogP contribution in [0.25, 0.3) is 11.1 Å². The van der Waals surface area contributed by atoms with Gasteiger partial charge in [0.1, 0.15) is 5.75 Å². The number of carbonyl (C=O) groups is 1. The van der Waals surface area contributed by atoms with Crippen LogP contribution in [0.4, 0.5) is 24.7 Å². The number of hydrogen-bond acceptors (Lipinski definition) is 5. The number of amides is 1. The zero-order valence-corrected chi connectivity index (χ0v) is 18.6. The fraction of sp³-hybridized carbons (Fsp3) is 0.409. The largest absolute Gasteiger partial charge is 0.573 e. The molecular weight excluding hydrogens is 437 g/mol. The van der Waals surface area contributed by atoms with Crippen molar-refractivity contribution in [3.63, 3.8) is 0 Å². The van der Waals surface area contributed by atoms with Crippen LogP contribution in [-0.4, -0.2) is 38.8 Å². The number of anilines is 2. The van der Waals surface area contributed by atoms with Gasteiger partial charge < -0.3 is 15.0 Å². The second-order valence-corrected chi connectivity index (χ2v) is 7.95. The topological polar surface area (TPSA) is 88.1 Å². The molecule has 2 aromatic heterocycles. The van der Waals surface area contributed by atoms with Crippen molar-refractivity contribution in [3.8, 4) is 16.9 Å². The summed E-state index contributed by atoms with van der Waals surface area (Å²) < 4.78 is 45.8. The van der Waals surface area contributed by atoms with Crippen LogP contribution >= 0.6 is 0 Å². The van der Waals surface area contributed by atoms with Gasteiger partial charge in [-0.25, -0.2) is 0 Å². The van der Waals surface area contributed by atoms with Crippen molar-refractivity contribution in [2.75, 3.05) is 11.4 Å². The second-order valence-electron chi connectivity index (χ2n) is 7.95. The summed E-state index contributed by atoms with van der Waals surface area (Å²) >= 11 is 0. The Morgan fingerprint density at radius 3 is 2.76 bits per heavy atom. The van der Waals surface area contributed by atoms with Crippen molar-refractivity contribution in [1.29, 1.82) is 0 Å². The molecule has 0 aliphatic carbocycles. The number of rotatable bonds is 6. The van der Waals surface area contributed by atoms with E-state index >= 15 is 0 Å². The molecule has 0 spiro atoms. The first kappa shape index (κ1) is 22.7. The number of aromatic amines is 1. The SMILES string of the molecule is CCc1[nH]nc(N2CCCc3cc(-c4cnn(C)c4)c(OC(F)(F)F)cc32)c1CNC(C)=O. The lowest BCUT2D eigenvalue weighted by Crippen LogP contribution is -2.28. The third kappa shape index (κ3) is 4.81. The fourth-order valence-corrected chi connectivity index (χ4v) is 4.13. The van der Waals surface area contributed by atoms with Crippen molar-refractivity contribution in [2.45, 2.75) is 46.0 Å². The van der Waals surface area contributed by atoms with E-state index in [4.69, 9.17) is 0 Å². The summed E-state index contributed by atoms with van der Waals surface area (Å²) in [5, 5.41) is 14.3. The molecule has 4 rings (SSSR count). The van der Waals surface area contributed by atoms with Crippen molar-refractivity contribution in [2.24, 2.45) is 7.05 Å². The summed E-state index contributed by atoms with van der Waals surface area (Å²) in [6.45, 7) is 4.25. The van der Waals surface area contributed by atoms with Gasteiger partial charge >= 0.3 is 6.36 Å². The Balaban J connectivity index is 1.82. The van der Waals surface area contributed by atoms with E-state index < -0.39 is 6.36 Å². The van der Waals surface area contributed by atoms with Crippen molar-refractivity contribution >= 4 is 17.4 Å². The molecule has 33 heavy (non-hydrogen) atoms. The molecule has 8 nitrogen and oxygen atoms in total. The molecule has 0 radical (unpaired) electrons. The summed E-state index contributed by atoms with van der Waals surface area (Å²) in [5.74, 6) is 0.120. The van der Waals surface area contributed by atoms with Crippen LogP contribution in [0.2, 0.25) is 0 Å². The normalized spacial score (nSPS) is 13.7. The van der Waals surface area contributed by atoms with E-state index in [1.807, 2.05) is 11.8 Å². The van der Waals surface area contributed by atoms with E-state index in [9.17, 15) is 18.0 Å². The number of nitrogens with one attached hydrogen (secondary N) is 2. The van der Waals surface area contributed by atoms with Gasteiger partial charge in [-0.3, -0.25) is 14.6 Å². The number of halogens is 3. The monoisotopic (exact) mass is 462 g/mol. The molecule has 2 N–H and O–H groups in total. The first-order valence-corrected chi connectivity index (χ1v) is 10.7. The van der Waals surface area contributed by atoms with E-state index in [1.54, 1.807) is 19.3 Å². The van der Waals surface area contributed by atoms with Crippen LogP contribution in [0.3, 0.4) is 0 Å². The van der Waals surface area contributed by atoms with Gasteiger partial charge in [-0.2, -0.15) is 10.2 Å². The minimum Gasteiger partial charge on any atom is -0.405 e. The molecule has 3 aromatic rings. The quantitative estimate of drug-likeness (QED) is 0.578. The molecule has 0 saturated heterocycles. The Hall–Kier alpha value is -3.50. The fourth-order valence-electron chi connectivity index (χ4n) is 4.13. The van der Waals surface area contributed by atoms with Gasteiger partial charge in [0, 0.05) is 67.4 Å². The number of aryl methyl sites for hydroxylation is 3. The Morgan fingerprint density at radius 2 is 2.12 bits per heavy atom. The predicted molar refractivity (Wildman–Crippen MR) is 116 cm³/mol. The van der Waals surface area contributed by atoms with Crippen LogP contribution in [0.5, 0.6) is 5.75 Å². The summed E-state index contributed by atoms with van der Waals surface area (Å²) in [5.41, 5.74) is 4.04. The molecule has 0 unspecified atom stereocenters. The lowest BCUT2D eigenvalue weighted by Gasteiger charge is -2.31. The molecule has 0 saturated carbocycles. The Morgan fingerprint density at radius 1 is 1.33 bits per heavy atom. The number of fused-ring (bicyclic) bond motifs is 1. The van der Waals surface area contributed by atoms with Crippen molar-refractivity contribution in [3.05, 3.63) is 41.3 Å². The van der Waals surface area contributed by atoms with E-state index in [-0.39, 0.29) is 18.2 Å². The molecule has 0 atom stereocenters. The van der Waals surface area contributed by atoms with Gasteiger partial charge in [-0.05, 0) is 30.9 Å². The van der Waals surface area contributed by atoms with Crippen LogP contribution in [0.1, 0.15) is 37.1 Å². The van der Waals surface area contributed by atoms with Crippen LogP contribution in [-0.2, 0) is 31.2 Å². The number of carbonyl (C=O) groups excluding carboxylic acids is 1. The number of H-pyrrole nitrogens is 1. The highest BCUT2D eigenvalue weighted by Gasteiger charge is 2.34. The molecule has 11 heteroatoms. The Bertz CT molecular complexity index is 1170. The van der Waals surface area contributed by atoms with Gasteiger partial charge in [0.05, 0.1) is 6.20 Å². The molecule has 1 aliphatic heterocycles. The third-order valence-electron chi connectivity index (χ3n) is 5.60. The molecule has 1 aromatic carbocycles. The van der Waals surface area contributed by atoms with E-state index in [1.165, 1.54) is 23.9 Å². The maximum atomic E-state index is 13.3. The minimum absolute atomic E-state index is 0.176. The first-order valence-electron chi connectivity index (χ1n) is 10.7. The third-order valence-corrected chi connectivity index (χ3v) is 5.60. The number of aromatic nitrogens is 4. The molecule has 1 aliphatic rings. The number of benzene rings is 1. The van der Waals surface area contributed by atoms with Crippen molar-refractivity contribution < 1.29 is 22.7 Å². The van der Waals surface area contributed by atoms with E-state index in [0.29, 0.717) is 42.0 Å². The molecular formula is C22H25F3N6O2. The standard InChI is InChI=1S/C22H25F3N6O2/c1-4-18-17(11-26-13(2)32)21(29-28-18)31-7-5-6-14-8-16(15-10-27-30(3)12-15)20(9-19(14)31)33-22(23,24)25/h8-10,12H,4-7,11H2,1-3H3,(H,26,32)(H,28,29). The predicted octanol–water partition coefficient (Wildman–Crippen LogP) is 3.99. The summed E-state index contributed by atoms with van der Waals surface area (Å²) in [6.07, 6.45) is 0.495. The van der Waals surface area contributed by atoms with Gasteiger partial charge in [-0.15, -0.1) is 13.2 Å². The average molecular weight is 462 g/mol. The van der Waals surface area contributed by atoms with E-state index in [2.05, 4.69) is 25.3 Å². The van der Waals surface area contributed by atoms with Crippen LogP contribution in [0.15, 0.2) is 24.5 Å². The molecule has 0 fully saturated rings. The number of hydrogen-bond donors (Lipinski definition) is 2. The maximum absolute atomic E-state index is 13.3. The molecule has 3 heterocycles. The Kier molecular flexibility index (Phi) is 6.05. The molecule has 0 bridgehead atoms. The summed E-state index contributed by atoms with van der Waals surface area (Å²) in [7, 11) is 1.70. The number of ether oxygens (including phenoxy) is 1. The van der Waals surface area contributed by atoms with Gasteiger partial charge in [0.2, 0.25) is 5.91 Å². The van der Waals surface area contributed by atoms with Gasteiger partial charge in [0.25, 0.3) is 0 Å². The lowest BCUT2D eigenvalue weighted by molar-refractivity contribution is -0.274. The molecule has 1 amide bonds. The second kappa shape index (κ2) is 8.80. The van der Waals surface area contributed by atoms with Gasteiger partial charge in [0.15, 0.2) is 5.82 Å². The number of nitrogens with zero attached hydrogens (tertiary/aromatic N) is 4. The summed E-state index contributed by atoms with van der Waals surface area (Å²) in [6, 6.07) is 3.16. The smallest absolute Gasteiger partial charge is 0.405 e. The van der Waals surface area contributed by atoms with Crippen LogP contribution in [0, 0.1) is 0 Å². The first-order chi connectivity index (χ1) is 15.7. The number of alkyl halides is 3. The molecule has 176 valence electrons. The van der Waals surface area contributed by atoms with E-state index in [0.717, 1.165) is 23.2 Å². The Labute approximate surface area is 188 Å². The maximum Gasteiger partial charge on any atom is 0.573 e. The van der Waals surface area contributed by atoms with Crippen LogP contribution < -0.4 is 15.0 Å². The zero-order chi connectivity index (χ0) is 23.8. The van der Waals surface area contributed by atoms with Gasteiger partial charge in [-0.1, -0.05) is 6.92 Å². The zero-order valence-electron chi connectivity index (χ0n) is 18.6. The summed E-state index contributed by atoms with van der Waals surface area (Å²) in [4.78, 5) is 13.4.